The highest BCUT2D eigenvalue weighted by molar-refractivity contribution is 6.35. The molecular weight excluding hydrogens is 347 g/mol. The second kappa shape index (κ2) is 7.43. The molecule has 0 heterocycles. The molecule has 0 aromatic heterocycles. The first kappa shape index (κ1) is 16.4. The molecule has 0 aliphatic rings. The first-order valence-electron chi connectivity index (χ1n) is 7.24. The van der Waals surface area contributed by atoms with Crippen LogP contribution in [-0.2, 0) is 0 Å². The zero-order valence-electron chi connectivity index (χ0n) is 12.6. The van der Waals surface area contributed by atoms with Crippen molar-refractivity contribution in [3.05, 3.63) is 70.7 Å². The van der Waals surface area contributed by atoms with Crippen LogP contribution < -0.4 is 15.4 Å². The Morgan fingerprint density at radius 2 is 1.79 bits per heavy atom. The summed E-state index contributed by atoms with van der Waals surface area (Å²) in [5, 5.41) is 8.37. The van der Waals surface area contributed by atoms with E-state index in [1.54, 1.807) is 18.2 Å². The predicted molar refractivity (Wildman–Crippen MR) is 98.1 cm³/mol. The molecule has 0 saturated heterocycles. The summed E-state index contributed by atoms with van der Waals surface area (Å²) >= 11 is 11.8. The van der Waals surface area contributed by atoms with Crippen LogP contribution in [0.4, 0.5) is 10.5 Å². The van der Waals surface area contributed by atoms with Crippen molar-refractivity contribution < 1.29 is 9.53 Å². The van der Waals surface area contributed by atoms with Gasteiger partial charge in [0.15, 0.2) is 6.73 Å². The number of anilines is 1. The molecule has 0 bridgehead atoms. The SMILES string of the molecule is O=C(NCOc1ccc(Cl)cc1Cl)Nc1cccc2ccccc12. The van der Waals surface area contributed by atoms with Crippen LogP contribution in [0.25, 0.3) is 10.8 Å². The number of ether oxygens (including phenoxy) is 1. The molecule has 0 fully saturated rings. The van der Waals surface area contributed by atoms with E-state index in [-0.39, 0.29) is 12.8 Å². The summed E-state index contributed by atoms with van der Waals surface area (Å²) < 4.78 is 5.43. The van der Waals surface area contributed by atoms with Crippen LogP contribution in [0.3, 0.4) is 0 Å². The first-order chi connectivity index (χ1) is 11.6. The van der Waals surface area contributed by atoms with E-state index < -0.39 is 0 Å². The van der Waals surface area contributed by atoms with Gasteiger partial charge in [-0.3, -0.25) is 0 Å². The Bertz CT molecular complexity index is 879. The third-order valence-electron chi connectivity index (χ3n) is 3.39. The minimum atomic E-state index is -0.364. The van der Waals surface area contributed by atoms with E-state index in [2.05, 4.69) is 10.6 Å². The van der Waals surface area contributed by atoms with Gasteiger partial charge in [-0.2, -0.15) is 0 Å². The maximum Gasteiger partial charge on any atom is 0.321 e. The van der Waals surface area contributed by atoms with E-state index in [0.717, 1.165) is 16.5 Å². The Balaban J connectivity index is 1.59. The Kier molecular flexibility index (Phi) is 5.08. The summed E-state index contributed by atoms with van der Waals surface area (Å²) in [6.45, 7) is -0.0159. The van der Waals surface area contributed by atoms with Crippen LogP contribution in [-0.4, -0.2) is 12.8 Å². The lowest BCUT2D eigenvalue weighted by atomic mass is 10.1. The number of hydrogen-bond donors (Lipinski definition) is 2. The molecule has 24 heavy (non-hydrogen) atoms. The molecule has 0 atom stereocenters. The van der Waals surface area contributed by atoms with Gasteiger partial charge in [-0.1, -0.05) is 59.6 Å². The summed E-state index contributed by atoms with van der Waals surface area (Å²) in [6, 6.07) is 18.1. The highest BCUT2D eigenvalue weighted by Gasteiger charge is 2.06. The topological polar surface area (TPSA) is 50.4 Å². The van der Waals surface area contributed by atoms with Gasteiger partial charge in [-0.25, -0.2) is 4.79 Å². The Hall–Kier alpha value is -2.43. The fourth-order valence-corrected chi connectivity index (χ4v) is 2.74. The van der Waals surface area contributed by atoms with Gasteiger partial charge in [-0.15, -0.1) is 0 Å². The van der Waals surface area contributed by atoms with Gasteiger partial charge in [0, 0.05) is 10.4 Å². The van der Waals surface area contributed by atoms with Crippen molar-refractivity contribution in [2.75, 3.05) is 12.0 Å². The number of rotatable bonds is 4. The zero-order chi connectivity index (χ0) is 16.9. The molecular formula is C18H14Cl2N2O2. The van der Waals surface area contributed by atoms with Crippen molar-refractivity contribution in [3.63, 3.8) is 0 Å². The lowest BCUT2D eigenvalue weighted by Gasteiger charge is -2.12. The minimum Gasteiger partial charge on any atom is -0.472 e. The largest absolute Gasteiger partial charge is 0.472 e. The van der Waals surface area contributed by atoms with Crippen LogP contribution in [0.2, 0.25) is 10.0 Å². The molecule has 3 rings (SSSR count). The van der Waals surface area contributed by atoms with Crippen molar-refractivity contribution in [2.45, 2.75) is 0 Å². The number of fused-ring (bicyclic) bond motifs is 1. The number of carbonyl (C=O) groups is 1. The molecule has 0 aliphatic carbocycles. The average molecular weight is 361 g/mol. The molecule has 3 aromatic rings. The van der Waals surface area contributed by atoms with Crippen molar-refractivity contribution in [3.8, 4) is 5.75 Å². The second-order valence-electron chi connectivity index (χ2n) is 5.02. The number of amides is 2. The quantitative estimate of drug-likeness (QED) is 0.619. The van der Waals surface area contributed by atoms with E-state index in [1.807, 2.05) is 42.5 Å². The van der Waals surface area contributed by atoms with Crippen molar-refractivity contribution in [1.29, 1.82) is 0 Å². The fourth-order valence-electron chi connectivity index (χ4n) is 2.27. The molecule has 2 amide bonds. The van der Waals surface area contributed by atoms with E-state index >= 15 is 0 Å². The summed E-state index contributed by atoms with van der Waals surface area (Å²) in [7, 11) is 0. The van der Waals surface area contributed by atoms with Gasteiger partial charge in [0.2, 0.25) is 0 Å². The Morgan fingerprint density at radius 1 is 1.00 bits per heavy atom. The highest BCUT2D eigenvalue weighted by Crippen LogP contribution is 2.27. The minimum absolute atomic E-state index is 0.0159. The molecule has 2 N–H and O–H groups in total. The van der Waals surface area contributed by atoms with Gasteiger partial charge in [0.1, 0.15) is 5.75 Å². The standard InChI is InChI=1S/C18H14Cl2N2O2/c19-13-8-9-17(15(20)10-13)24-11-21-18(23)22-16-7-3-5-12-4-1-2-6-14(12)16/h1-10H,11H2,(H2,21,22,23). The summed E-state index contributed by atoms with van der Waals surface area (Å²) in [5.41, 5.74) is 0.732. The summed E-state index contributed by atoms with van der Waals surface area (Å²) in [5.74, 6) is 0.450. The lowest BCUT2D eigenvalue weighted by Crippen LogP contribution is -2.32. The van der Waals surface area contributed by atoms with Crippen LogP contribution in [0.5, 0.6) is 5.75 Å². The Labute approximate surface area is 149 Å². The summed E-state index contributed by atoms with van der Waals surface area (Å²) in [6.07, 6.45) is 0. The van der Waals surface area contributed by atoms with Gasteiger partial charge >= 0.3 is 6.03 Å². The van der Waals surface area contributed by atoms with Crippen molar-refractivity contribution in [2.24, 2.45) is 0 Å². The number of carbonyl (C=O) groups excluding carboxylic acids is 1. The van der Waals surface area contributed by atoms with E-state index in [1.165, 1.54) is 0 Å². The molecule has 6 heteroatoms. The third-order valence-corrected chi connectivity index (χ3v) is 3.92. The number of hydrogen-bond acceptors (Lipinski definition) is 2. The van der Waals surface area contributed by atoms with Gasteiger partial charge in [-0.05, 0) is 29.7 Å². The number of halogens is 2. The number of benzene rings is 3. The van der Waals surface area contributed by atoms with Crippen LogP contribution in [0.1, 0.15) is 0 Å². The fraction of sp³-hybridized carbons (Fsp3) is 0.0556. The monoisotopic (exact) mass is 360 g/mol. The molecule has 122 valence electrons. The molecule has 0 radical (unpaired) electrons. The molecule has 0 unspecified atom stereocenters. The maximum atomic E-state index is 12.0. The van der Waals surface area contributed by atoms with Crippen LogP contribution in [0, 0.1) is 0 Å². The second-order valence-corrected chi connectivity index (χ2v) is 5.86. The predicted octanol–water partition coefficient (Wildman–Crippen LogP) is 5.30. The highest BCUT2D eigenvalue weighted by atomic mass is 35.5. The van der Waals surface area contributed by atoms with Gasteiger partial charge in [0.05, 0.1) is 10.7 Å². The molecule has 3 aromatic carbocycles. The maximum absolute atomic E-state index is 12.0. The first-order valence-corrected chi connectivity index (χ1v) is 7.99. The van der Waals surface area contributed by atoms with E-state index in [9.17, 15) is 4.79 Å². The Morgan fingerprint density at radius 3 is 2.62 bits per heavy atom. The number of urea groups is 1. The summed E-state index contributed by atoms with van der Waals surface area (Å²) in [4.78, 5) is 12.0. The number of nitrogens with one attached hydrogen (secondary N) is 2. The van der Waals surface area contributed by atoms with Crippen molar-refractivity contribution >= 4 is 45.7 Å². The third kappa shape index (κ3) is 3.91. The zero-order valence-corrected chi connectivity index (χ0v) is 14.1. The lowest BCUT2D eigenvalue weighted by molar-refractivity contribution is 0.235. The molecule has 0 aliphatic heterocycles. The van der Waals surface area contributed by atoms with Crippen molar-refractivity contribution in [1.82, 2.24) is 5.32 Å². The van der Waals surface area contributed by atoms with E-state index in [4.69, 9.17) is 27.9 Å². The normalized spacial score (nSPS) is 10.4. The van der Waals surface area contributed by atoms with Gasteiger partial charge < -0.3 is 15.4 Å². The molecule has 0 spiro atoms. The average Bonchev–Trinajstić information content (AvgIpc) is 2.57. The molecule has 0 saturated carbocycles. The smallest absolute Gasteiger partial charge is 0.321 e. The van der Waals surface area contributed by atoms with Crippen LogP contribution >= 0.6 is 23.2 Å². The van der Waals surface area contributed by atoms with Crippen LogP contribution in [0.15, 0.2) is 60.7 Å². The van der Waals surface area contributed by atoms with E-state index in [0.29, 0.717) is 15.8 Å². The molecule has 4 nitrogen and oxygen atoms in total. The van der Waals surface area contributed by atoms with Gasteiger partial charge in [0.25, 0.3) is 0 Å².